The van der Waals surface area contributed by atoms with E-state index in [0.29, 0.717) is 6.42 Å². The van der Waals surface area contributed by atoms with Gasteiger partial charge in [0.2, 0.25) is 0 Å². The van der Waals surface area contributed by atoms with Gasteiger partial charge >= 0.3 is 11.9 Å². The molecule has 1 N–H and O–H groups in total. The highest BCUT2D eigenvalue weighted by Gasteiger charge is 2.37. The van der Waals surface area contributed by atoms with Crippen LogP contribution in [0.15, 0.2) is 35.2 Å². The maximum atomic E-state index is 12.6. The molecule has 1 aromatic rings. The van der Waals surface area contributed by atoms with Crippen LogP contribution in [-0.4, -0.2) is 27.9 Å². The summed E-state index contributed by atoms with van der Waals surface area (Å²) < 4.78 is 5.46. The normalized spacial score (nSPS) is 14.3. The van der Waals surface area contributed by atoms with Crippen molar-refractivity contribution >= 4 is 23.7 Å². The Hall–Kier alpha value is -1.49. The summed E-state index contributed by atoms with van der Waals surface area (Å²) in [5, 5.41) is 8.83. The predicted molar refractivity (Wildman–Crippen MR) is 92.5 cm³/mol. The molecule has 0 fully saturated rings. The van der Waals surface area contributed by atoms with Gasteiger partial charge in [0.25, 0.3) is 0 Å². The van der Waals surface area contributed by atoms with Crippen LogP contribution in [0.5, 0.6) is 0 Å². The van der Waals surface area contributed by atoms with Crippen LogP contribution in [0, 0.1) is 11.8 Å². The number of carbonyl (C=O) groups excluding carboxylic acids is 1. The third-order valence-corrected chi connectivity index (χ3v) is 4.37. The molecule has 1 aromatic carbocycles. The number of rotatable bonds is 7. The second kappa shape index (κ2) is 8.39. The summed E-state index contributed by atoms with van der Waals surface area (Å²) in [4.78, 5) is 25.2. The highest BCUT2D eigenvalue weighted by Crippen LogP contribution is 2.33. The standard InChI is InChI=1S/C18H26O4S/c1-12(2)11-14(16(19)20)15(17(21)22-18(3,4)5)23-13-9-7-6-8-10-13/h6-10,12,14-15H,11H2,1-5H3,(H,19,20)/t14-,15-/m1/s1. The fraction of sp³-hybridized carbons (Fsp3) is 0.556. The van der Waals surface area contributed by atoms with Crippen LogP contribution >= 0.6 is 11.8 Å². The zero-order valence-electron chi connectivity index (χ0n) is 14.4. The van der Waals surface area contributed by atoms with Crippen molar-refractivity contribution in [3.63, 3.8) is 0 Å². The zero-order chi connectivity index (χ0) is 17.6. The van der Waals surface area contributed by atoms with Crippen molar-refractivity contribution in [2.24, 2.45) is 11.8 Å². The zero-order valence-corrected chi connectivity index (χ0v) is 15.2. The van der Waals surface area contributed by atoms with Gasteiger partial charge in [0, 0.05) is 4.90 Å². The summed E-state index contributed by atoms with van der Waals surface area (Å²) in [5.41, 5.74) is -0.645. The minimum absolute atomic E-state index is 0.178. The van der Waals surface area contributed by atoms with Gasteiger partial charge in [0.1, 0.15) is 10.9 Å². The molecule has 0 saturated carbocycles. The maximum Gasteiger partial charge on any atom is 0.320 e. The van der Waals surface area contributed by atoms with E-state index < -0.39 is 28.7 Å². The Morgan fingerprint density at radius 2 is 1.74 bits per heavy atom. The van der Waals surface area contributed by atoms with Crippen molar-refractivity contribution in [2.45, 2.75) is 56.8 Å². The van der Waals surface area contributed by atoms with Crippen molar-refractivity contribution in [1.29, 1.82) is 0 Å². The van der Waals surface area contributed by atoms with Crippen LogP contribution in [0.2, 0.25) is 0 Å². The fourth-order valence-electron chi connectivity index (χ4n) is 2.16. The number of carboxylic acid groups (broad SMARTS) is 1. The Morgan fingerprint density at radius 1 is 1.17 bits per heavy atom. The molecule has 0 radical (unpaired) electrons. The first kappa shape index (κ1) is 19.6. The fourth-order valence-corrected chi connectivity index (χ4v) is 3.31. The van der Waals surface area contributed by atoms with Crippen LogP contribution in [0.1, 0.15) is 41.0 Å². The first-order chi connectivity index (χ1) is 10.6. The van der Waals surface area contributed by atoms with Crippen LogP contribution in [0.3, 0.4) is 0 Å². The van der Waals surface area contributed by atoms with Crippen molar-refractivity contribution in [3.8, 4) is 0 Å². The van der Waals surface area contributed by atoms with Crippen molar-refractivity contribution < 1.29 is 19.4 Å². The van der Waals surface area contributed by atoms with Crippen LogP contribution < -0.4 is 0 Å². The third-order valence-electron chi connectivity index (χ3n) is 3.05. The molecule has 2 atom stereocenters. The minimum Gasteiger partial charge on any atom is -0.481 e. The van der Waals surface area contributed by atoms with E-state index in [9.17, 15) is 14.7 Å². The maximum absolute atomic E-state index is 12.6. The van der Waals surface area contributed by atoms with E-state index in [1.165, 1.54) is 11.8 Å². The molecule has 23 heavy (non-hydrogen) atoms. The second-order valence-electron chi connectivity index (χ2n) is 6.96. The number of aliphatic carboxylic acids is 1. The van der Waals surface area contributed by atoms with Crippen molar-refractivity contribution in [3.05, 3.63) is 30.3 Å². The van der Waals surface area contributed by atoms with Gasteiger partial charge < -0.3 is 9.84 Å². The number of thioether (sulfide) groups is 1. The van der Waals surface area contributed by atoms with Crippen LogP contribution in [0.25, 0.3) is 0 Å². The Bertz CT molecular complexity index is 520. The predicted octanol–water partition coefficient (Wildman–Crippen LogP) is 4.24. The smallest absolute Gasteiger partial charge is 0.320 e. The highest BCUT2D eigenvalue weighted by atomic mass is 32.2. The Labute approximate surface area is 142 Å². The van der Waals surface area contributed by atoms with E-state index in [4.69, 9.17) is 4.74 Å². The van der Waals surface area contributed by atoms with Gasteiger partial charge in [-0.05, 0) is 45.2 Å². The summed E-state index contributed by atoms with van der Waals surface area (Å²) >= 11 is 1.26. The molecule has 1 rings (SSSR count). The second-order valence-corrected chi connectivity index (χ2v) is 8.17. The summed E-state index contributed by atoms with van der Waals surface area (Å²) in [5.74, 6) is -2.04. The van der Waals surface area contributed by atoms with E-state index in [2.05, 4.69) is 0 Å². The molecule has 128 valence electrons. The van der Waals surface area contributed by atoms with Gasteiger partial charge in [0.05, 0.1) is 5.92 Å². The molecule has 5 heteroatoms. The lowest BCUT2D eigenvalue weighted by molar-refractivity contribution is -0.159. The molecular formula is C18H26O4S. The quantitative estimate of drug-likeness (QED) is 0.595. The van der Waals surface area contributed by atoms with Gasteiger partial charge in [-0.25, -0.2) is 0 Å². The van der Waals surface area contributed by atoms with Crippen LogP contribution in [-0.2, 0) is 14.3 Å². The lowest BCUT2D eigenvalue weighted by atomic mass is 9.94. The van der Waals surface area contributed by atoms with Crippen LogP contribution in [0.4, 0.5) is 0 Å². The van der Waals surface area contributed by atoms with Crippen molar-refractivity contribution in [1.82, 2.24) is 0 Å². The number of esters is 1. The van der Waals surface area contributed by atoms with E-state index in [1.54, 1.807) is 20.8 Å². The SMILES string of the molecule is CC(C)C[C@@H](C(=O)O)[C@@H](Sc1ccccc1)C(=O)OC(C)(C)C. The topological polar surface area (TPSA) is 63.6 Å². The molecule has 0 aliphatic heterocycles. The number of carbonyl (C=O) groups is 2. The Kier molecular flexibility index (Phi) is 7.13. The first-order valence-electron chi connectivity index (χ1n) is 7.77. The summed E-state index contributed by atoms with van der Waals surface area (Å²) in [7, 11) is 0. The lowest BCUT2D eigenvalue weighted by Crippen LogP contribution is -2.38. The molecule has 0 aliphatic rings. The van der Waals surface area contributed by atoms with E-state index in [-0.39, 0.29) is 5.92 Å². The molecule has 4 nitrogen and oxygen atoms in total. The molecule has 0 bridgehead atoms. The molecule has 0 heterocycles. The molecule has 0 unspecified atom stereocenters. The van der Waals surface area contributed by atoms with Gasteiger partial charge in [-0.1, -0.05) is 32.0 Å². The summed E-state index contributed by atoms with van der Waals surface area (Å²) in [6.07, 6.45) is 0.430. The number of hydrogen-bond donors (Lipinski definition) is 1. The molecule has 0 aromatic heterocycles. The largest absolute Gasteiger partial charge is 0.481 e. The van der Waals surface area contributed by atoms with E-state index >= 15 is 0 Å². The number of benzene rings is 1. The summed E-state index contributed by atoms with van der Waals surface area (Å²) in [6.45, 7) is 9.26. The molecule has 0 spiro atoms. The van der Waals surface area contributed by atoms with E-state index in [1.807, 2.05) is 44.2 Å². The van der Waals surface area contributed by atoms with Gasteiger partial charge in [-0.3, -0.25) is 9.59 Å². The first-order valence-corrected chi connectivity index (χ1v) is 8.65. The molecule has 0 saturated heterocycles. The van der Waals surface area contributed by atoms with E-state index in [0.717, 1.165) is 4.90 Å². The molecule has 0 aliphatic carbocycles. The van der Waals surface area contributed by atoms with Gasteiger partial charge in [0.15, 0.2) is 0 Å². The Morgan fingerprint density at radius 3 is 2.17 bits per heavy atom. The highest BCUT2D eigenvalue weighted by molar-refractivity contribution is 8.00. The number of hydrogen-bond acceptors (Lipinski definition) is 4. The lowest BCUT2D eigenvalue weighted by Gasteiger charge is -2.27. The average molecular weight is 338 g/mol. The number of carboxylic acids is 1. The Balaban J connectivity index is 3.07. The average Bonchev–Trinajstić information content (AvgIpc) is 2.41. The van der Waals surface area contributed by atoms with Crippen molar-refractivity contribution in [2.75, 3.05) is 0 Å². The minimum atomic E-state index is -0.960. The molecular weight excluding hydrogens is 312 g/mol. The third kappa shape index (κ3) is 7.08. The monoisotopic (exact) mass is 338 g/mol. The summed E-state index contributed by atoms with van der Waals surface area (Å²) in [6, 6.07) is 9.36. The number of ether oxygens (including phenoxy) is 1. The van der Waals surface area contributed by atoms with Gasteiger partial charge in [-0.15, -0.1) is 11.8 Å². The molecule has 0 amide bonds. The van der Waals surface area contributed by atoms with Gasteiger partial charge in [-0.2, -0.15) is 0 Å².